The van der Waals surface area contributed by atoms with E-state index in [4.69, 9.17) is 4.42 Å². The van der Waals surface area contributed by atoms with Crippen molar-refractivity contribution in [3.63, 3.8) is 0 Å². The van der Waals surface area contributed by atoms with Crippen molar-refractivity contribution in [1.29, 1.82) is 0 Å². The Labute approximate surface area is 138 Å². The molecule has 0 unspecified atom stereocenters. The van der Waals surface area contributed by atoms with Gasteiger partial charge in [0.2, 0.25) is 0 Å². The maximum Gasteiger partial charge on any atom is 2.00 e. The molecule has 0 saturated heterocycles. The minimum absolute atomic E-state index is 0. The van der Waals surface area contributed by atoms with Crippen molar-refractivity contribution in [2.24, 2.45) is 0 Å². The molecule has 0 radical (unpaired) electrons. The molecule has 16 heavy (non-hydrogen) atoms. The normalized spacial score (nSPS) is 7.88. The van der Waals surface area contributed by atoms with E-state index < -0.39 is 7.12 Å². The maximum atomic E-state index is 10.4. The number of furan rings is 1. The number of para-hydroxylation sites is 1. The van der Waals surface area contributed by atoms with Gasteiger partial charge in [0, 0.05) is 11.0 Å². The molecule has 0 amide bonds. The van der Waals surface area contributed by atoms with Gasteiger partial charge >= 0.3 is 46.1 Å². The van der Waals surface area contributed by atoms with Crippen LogP contribution >= 0.6 is 0 Å². The van der Waals surface area contributed by atoms with E-state index in [9.17, 15) is 10.0 Å². The van der Waals surface area contributed by atoms with Crippen molar-refractivity contribution < 1.29 is 39.3 Å². The molecule has 0 bridgehead atoms. The molecule has 2 rings (SSSR count). The molecular formula is C8H5BCl2Mg2O3. The van der Waals surface area contributed by atoms with Gasteiger partial charge in [-0.3, -0.25) is 0 Å². The average Bonchev–Trinajstić information content (AvgIpc) is 2.46. The second kappa shape index (κ2) is 9.84. The fourth-order valence-electron chi connectivity index (χ4n) is 1.12. The molecule has 0 aliphatic heterocycles. The molecule has 1 aromatic heterocycles. The van der Waals surface area contributed by atoms with E-state index in [1.807, 2.05) is 6.07 Å². The summed E-state index contributed by atoms with van der Waals surface area (Å²) in [6.07, 6.45) is 0. The molecule has 1 heterocycles. The minimum atomic E-state index is -2.03. The van der Waals surface area contributed by atoms with Crippen molar-refractivity contribution in [2.75, 3.05) is 0 Å². The summed E-state index contributed by atoms with van der Waals surface area (Å²) < 4.78 is 5.00. The zero-order valence-electron chi connectivity index (χ0n) is 8.36. The van der Waals surface area contributed by atoms with Crippen LogP contribution in [0.2, 0.25) is 0 Å². The van der Waals surface area contributed by atoms with Gasteiger partial charge in [-0.1, -0.05) is 18.2 Å². The molecule has 0 aliphatic carbocycles. The van der Waals surface area contributed by atoms with Crippen molar-refractivity contribution in [1.82, 2.24) is 0 Å². The van der Waals surface area contributed by atoms with E-state index in [0.717, 1.165) is 5.39 Å². The zero-order chi connectivity index (χ0) is 8.55. The minimum Gasteiger partial charge on any atom is -1.00 e. The van der Waals surface area contributed by atoms with Crippen molar-refractivity contribution >= 4 is 69.9 Å². The van der Waals surface area contributed by atoms with E-state index in [0.29, 0.717) is 5.58 Å². The third kappa shape index (κ3) is 5.01. The summed E-state index contributed by atoms with van der Waals surface area (Å²) in [5, 5.41) is 21.7. The Kier molecular flexibility index (Phi) is 13.6. The van der Waals surface area contributed by atoms with Crippen LogP contribution in [0.15, 0.2) is 34.7 Å². The Morgan fingerprint density at radius 3 is 2.06 bits per heavy atom. The molecule has 2 aromatic rings. The average molecular weight is 279 g/mol. The maximum absolute atomic E-state index is 10.4. The molecule has 0 atom stereocenters. The predicted molar refractivity (Wildman–Crippen MR) is 53.1 cm³/mol. The van der Waals surface area contributed by atoms with Gasteiger partial charge in [0.1, 0.15) is 5.58 Å². The summed E-state index contributed by atoms with van der Waals surface area (Å²) in [6.45, 7) is 0. The quantitative estimate of drug-likeness (QED) is 0.487. The number of hydrogen-bond acceptors (Lipinski definition) is 3. The summed E-state index contributed by atoms with van der Waals surface area (Å²) in [5.74, 6) is 0. The Balaban J connectivity index is -0.000000422. The van der Waals surface area contributed by atoms with Crippen molar-refractivity contribution in [3.05, 3.63) is 30.3 Å². The van der Waals surface area contributed by atoms with Gasteiger partial charge in [-0.15, -0.1) is 0 Å². The number of halogens is 2. The van der Waals surface area contributed by atoms with Crippen LogP contribution in [0.5, 0.6) is 0 Å². The summed E-state index contributed by atoms with van der Waals surface area (Å²) in [4.78, 5) is 0. The summed E-state index contributed by atoms with van der Waals surface area (Å²) in [5.41, 5.74) is 0.542. The molecule has 76 valence electrons. The topological polar surface area (TPSA) is 59.3 Å². The van der Waals surface area contributed by atoms with Crippen LogP contribution in [0.1, 0.15) is 0 Å². The molecule has 3 nitrogen and oxygen atoms in total. The van der Waals surface area contributed by atoms with Gasteiger partial charge in [0.25, 0.3) is 0 Å². The monoisotopic (exact) mass is 278 g/mol. The van der Waals surface area contributed by atoms with Crippen LogP contribution in [-0.4, -0.2) is 53.2 Å². The van der Waals surface area contributed by atoms with E-state index in [1.54, 1.807) is 18.2 Å². The molecule has 0 spiro atoms. The van der Waals surface area contributed by atoms with Crippen molar-refractivity contribution in [3.8, 4) is 0 Å². The first-order chi connectivity index (χ1) is 5.77. The Morgan fingerprint density at radius 2 is 1.56 bits per heavy atom. The molecular weight excluding hydrogens is 274 g/mol. The third-order valence-corrected chi connectivity index (χ3v) is 1.68. The second-order valence-electron chi connectivity index (χ2n) is 2.52. The second-order valence-corrected chi connectivity index (χ2v) is 2.52. The molecule has 8 heteroatoms. The van der Waals surface area contributed by atoms with Gasteiger partial charge in [-0.25, -0.2) is 0 Å². The van der Waals surface area contributed by atoms with E-state index in [2.05, 4.69) is 0 Å². The molecule has 0 aliphatic rings. The van der Waals surface area contributed by atoms with E-state index in [1.165, 1.54) is 6.07 Å². The fourth-order valence-corrected chi connectivity index (χ4v) is 1.12. The van der Waals surface area contributed by atoms with Crippen LogP contribution < -0.4 is 40.5 Å². The van der Waals surface area contributed by atoms with Gasteiger partial charge in [-0.2, -0.15) is 0 Å². The first-order valence-corrected chi connectivity index (χ1v) is 3.57. The standard InChI is InChI=1S/C8H5BO3.2ClH.2Mg/c10-9(11)8-5-6-3-1-2-4-7(6)12-8;;;;/h1-5H;2*1H;;/q-2;;;2*+2/p-2. The SMILES string of the molecule is [Cl-].[Cl-].[Mg+2].[Mg+2].[O-]B([O-])c1cc2ccccc2o1. The predicted octanol–water partition coefficient (Wildman–Crippen LogP) is -7.91. The van der Waals surface area contributed by atoms with Crippen LogP contribution in [0.4, 0.5) is 0 Å². The fraction of sp³-hybridized carbons (Fsp3) is 0. The molecule has 0 fully saturated rings. The third-order valence-electron chi connectivity index (χ3n) is 1.68. The van der Waals surface area contributed by atoms with Crippen molar-refractivity contribution in [2.45, 2.75) is 0 Å². The van der Waals surface area contributed by atoms with Crippen LogP contribution in [0, 0.1) is 0 Å². The van der Waals surface area contributed by atoms with Gasteiger partial charge in [0.15, 0.2) is 0 Å². The van der Waals surface area contributed by atoms with Crippen LogP contribution in [-0.2, 0) is 0 Å². The first-order valence-electron chi connectivity index (χ1n) is 3.57. The smallest absolute Gasteiger partial charge is 1.00 e. The number of fused-ring (bicyclic) bond motifs is 1. The molecule has 0 saturated carbocycles. The summed E-state index contributed by atoms with van der Waals surface area (Å²) >= 11 is 0. The zero-order valence-corrected chi connectivity index (χ0v) is 12.7. The number of rotatable bonds is 1. The van der Waals surface area contributed by atoms with Crippen LogP contribution in [0.3, 0.4) is 0 Å². The Bertz CT molecular complexity index is 378. The Hall–Kier alpha value is 0.857. The number of hydrogen-bond donors (Lipinski definition) is 0. The Morgan fingerprint density at radius 1 is 1.00 bits per heavy atom. The molecule has 0 N–H and O–H groups in total. The first kappa shape index (κ1) is 22.1. The number of benzene rings is 1. The largest absolute Gasteiger partial charge is 2.00 e. The summed E-state index contributed by atoms with van der Waals surface area (Å²) in [7, 11) is -2.03. The van der Waals surface area contributed by atoms with E-state index >= 15 is 0 Å². The van der Waals surface area contributed by atoms with Gasteiger partial charge in [0.05, 0.1) is 0 Å². The van der Waals surface area contributed by atoms with E-state index in [-0.39, 0.29) is 76.6 Å². The van der Waals surface area contributed by atoms with Crippen LogP contribution in [0.25, 0.3) is 11.0 Å². The van der Waals surface area contributed by atoms with Gasteiger partial charge in [-0.05, 0) is 19.3 Å². The molecule has 1 aromatic carbocycles. The van der Waals surface area contributed by atoms with Gasteiger partial charge < -0.3 is 39.3 Å². The summed E-state index contributed by atoms with van der Waals surface area (Å²) in [6, 6.07) is 8.62.